The number of amides is 1. The van der Waals surface area contributed by atoms with Gasteiger partial charge in [-0.05, 0) is 12.8 Å². The topological polar surface area (TPSA) is 80.5 Å². The Labute approximate surface area is 84.2 Å². The maximum Gasteiger partial charge on any atom is 0.238 e. The van der Waals surface area contributed by atoms with Crippen molar-refractivity contribution in [2.24, 2.45) is 5.73 Å². The van der Waals surface area contributed by atoms with Gasteiger partial charge in [0.2, 0.25) is 5.91 Å². The molecular formula is C8H16N2O3S. The van der Waals surface area contributed by atoms with Crippen molar-refractivity contribution < 1.29 is 13.2 Å². The van der Waals surface area contributed by atoms with Crippen molar-refractivity contribution in [2.45, 2.75) is 18.9 Å². The van der Waals surface area contributed by atoms with Crippen molar-refractivity contribution in [2.75, 3.05) is 25.1 Å². The zero-order valence-electron chi connectivity index (χ0n) is 8.27. The van der Waals surface area contributed by atoms with Gasteiger partial charge in [-0.15, -0.1) is 0 Å². The summed E-state index contributed by atoms with van der Waals surface area (Å²) in [6.07, 6.45) is 2.86. The van der Waals surface area contributed by atoms with Crippen LogP contribution >= 0.6 is 0 Å². The van der Waals surface area contributed by atoms with E-state index in [0.29, 0.717) is 13.1 Å². The molecule has 1 aliphatic rings. The molecule has 0 aromatic carbocycles. The third-order valence-electron chi connectivity index (χ3n) is 2.36. The van der Waals surface area contributed by atoms with E-state index in [9.17, 15) is 13.2 Å². The molecule has 14 heavy (non-hydrogen) atoms. The smallest absolute Gasteiger partial charge is 0.238 e. The number of nitrogens with zero attached hydrogens (tertiary/aromatic N) is 1. The van der Waals surface area contributed by atoms with Crippen LogP contribution in [0.2, 0.25) is 0 Å². The van der Waals surface area contributed by atoms with E-state index in [2.05, 4.69) is 0 Å². The molecule has 82 valence electrons. The summed E-state index contributed by atoms with van der Waals surface area (Å²) < 4.78 is 21.8. The minimum atomic E-state index is -3.22. The van der Waals surface area contributed by atoms with Crippen molar-refractivity contribution in [1.82, 2.24) is 4.90 Å². The molecule has 1 saturated heterocycles. The number of sulfone groups is 1. The molecule has 1 unspecified atom stereocenters. The summed E-state index contributed by atoms with van der Waals surface area (Å²) >= 11 is 0. The fourth-order valence-corrected chi connectivity index (χ4v) is 2.33. The molecule has 6 heteroatoms. The molecule has 0 spiro atoms. The van der Waals surface area contributed by atoms with Gasteiger partial charge < -0.3 is 10.6 Å². The molecule has 1 heterocycles. The number of hydrogen-bond acceptors (Lipinski definition) is 4. The lowest BCUT2D eigenvalue weighted by molar-refractivity contribution is -0.129. The van der Waals surface area contributed by atoms with Gasteiger partial charge in [-0.2, -0.15) is 0 Å². The van der Waals surface area contributed by atoms with Crippen molar-refractivity contribution in [1.29, 1.82) is 0 Å². The van der Waals surface area contributed by atoms with Gasteiger partial charge in [-0.3, -0.25) is 4.79 Å². The van der Waals surface area contributed by atoms with Gasteiger partial charge in [0.15, 0.2) is 9.84 Å². The summed E-state index contributed by atoms with van der Waals surface area (Å²) in [5, 5.41) is 0. The minimum absolute atomic E-state index is 0.0317. The zero-order valence-corrected chi connectivity index (χ0v) is 9.09. The highest BCUT2D eigenvalue weighted by atomic mass is 32.2. The van der Waals surface area contributed by atoms with Crippen molar-refractivity contribution in [3.8, 4) is 0 Å². The zero-order chi connectivity index (χ0) is 10.8. The summed E-state index contributed by atoms with van der Waals surface area (Å²) in [6.45, 7) is 1.05. The number of nitrogens with two attached hydrogens (primary N) is 1. The lowest BCUT2D eigenvalue weighted by atomic mass is 10.2. The molecule has 0 aromatic heterocycles. The van der Waals surface area contributed by atoms with Crippen molar-refractivity contribution in [3.05, 3.63) is 0 Å². The Morgan fingerprint density at radius 2 is 2.21 bits per heavy atom. The van der Waals surface area contributed by atoms with E-state index in [1.807, 2.05) is 0 Å². The standard InChI is InChI=1S/C8H16N2O3S/c1-14(12,13)6-8(11)10-4-2-3-7(10)5-9/h7H,2-6,9H2,1H3. The predicted octanol–water partition coefficient (Wildman–Crippen LogP) is -1.02. The summed E-state index contributed by atoms with van der Waals surface area (Å²) in [6, 6.07) is 0.0317. The Bertz CT molecular complexity index is 313. The molecule has 0 bridgehead atoms. The Morgan fingerprint density at radius 1 is 1.57 bits per heavy atom. The van der Waals surface area contributed by atoms with Gasteiger partial charge in [-0.25, -0.2) is 8.42 Å². The summed E-state index contributed by atoms with van der Waals surface area (Å²) in [4.78, 5) is 13.1. The van der Waals surface area contributed by atoms with E-state index in [-0.39, 0.29) is 11.9 Å². The van der Waals surface area contributed by atoms with Crippen LogP contribution < -0.4 is 5.73 Å². The fraction of sp³-hybridized carbons (Fsp3) is 0.875. The van der Waals surface area contributed by atoms with Crippen molar-refractivity contribution >= 4 is 15.7 Å². The molecule has 0 radical (unpaired) electrons. The van der Waals surface area contributed by atoms with Gasteiger partial charge >= 0.3 is 0 Å². The average molecular weight is 220 g/mol. The van der Waals surface area contributed by atoms with E-state index in [0.717, 1.165) is 19.1 Å². The van der Waals surface area contributed by atoms with Gasteiger partial charge in [0, 0.05) is 25.4 Å². The Balaban J connectivity index is 2.60. The number of hydrogen-bond donors (Lipinski definition) is 1. The molecule has 0 aromatic rings. The van der Waals surface area contributed by atoms with Crippen LogP contribution in [-0.2, 0) is 14.6 Å². The minimum Gasteiger partial charge on any atom is -0.338 e. The number of carbonyl (C=O) groups is 1. The second kappa shape index (κ2) is 4.27. The van der Waals surface area contributed by atoms with E-state index in [1.54, 1.807) is 4.90 Å². The Hall–Kier alpha value is -0.620. The normalized spacial score (nSPS) is 22.7. The molecule has 1 amide bonds. The van der Waals surface area contributed by atoms with E-state index < -0.39 is 15.6 Å². The lowest BCUT2D eigenvalue weighted by Gasteiger charge is -2.22. The van der Waals surface area contributed by atoms with Crippen LogP contribution in [0.25, 0.3) is 0 Å². The van der Waals surface area contributed by atoms with Crippen LogP contribution in [0.15, 0.2) is 0 Å². The quantitative estimate of drug-likeness (QED) is 0.660. The second-order valence-electron chi connectivity index (χ2n) is 3.69. The van der Waals surface area contributed by atoms with E-state index >= 15 is 0 Å². The summed E-state index contributed by atoms with van der Waals surface area (Å²) in [5.41, 5.74) is 5.48. The van der Waals surface area contributed by atoms with Crippen LogP contribution in [0.4, 0.5) is 0 Å². The van der Waals surface area contributed by atoms with E-state index in [1.165, 1.54) is 0 Å². The maximum atomic E-state index is 11.5. The number of likely N-dealkylation sites (tertiary alicyclic amines) is 1. The average Bonchev–Trinajstić information content (AvgIpc) is 2.47. The largest absolute Gasteiger partial charge is 0.338 e. The van der Waals surface area contributed by atoms with Crippen LogP contribution in [0.1, 0.15) is 12.8 Å². The van der Waals surface area contributed by atoms with Crippen LogP contribution in [0, 0.1) is 0 Å². The highest BCUT2D eigenvalue weighted by molar-refractivity contribution is 7.91. The van der Waals surface area contributed by atoms with Gasteiger partial charge in [0.05, 0.1) is 0 Å². The number of rotatable bonds is 3. The van der Waals surface area contributed by atoms with Crippen LogP contribution in [0.3, 0.4) is 0 Å². The molecule has 1 rings (SSSR count). The second-order valence-corrected chi connectivity index (χ2v) is 5.83. The molecule has 1 atom stereocenters. The van der Waals surface area contributed by atoms with Gasteiger partial charge in [0.25, 0.3) is 0 Å². The monoisotopic (exact) mass is 220 g/mol. The molecular weight excluding hydrogens is 204 g/mol. The first-order chi connectivity index (χ1) is 6.44. The SMILES string of the molecule is CS(=O)(=O)CC(=O)N1CCCC1CN. The number of carbonyl (C=O) groups excluding carboxylic acids is 1. The first-order valence-corrected chi connectivity index (χ1v) is 6.67. The summed E-state index contributed by atoms with van der Waals surface area (Å²) in [5.74, 6) is -0.718. The molecule has 1 fully saturated rings. The first kappa shape index (κ1) is 11.5. The molecule has 1 aliphatic heterocycles. The van der Waals surface area contributed by atoms with Gasteiger partial charge in [-0.1, -0.05) is 0 Å². The molecule has 5 nitrogen and oxygen atoms in total. The molecule has 2 N–H and O–H groups in total. The fourth-order valence-electron chi connectivity index (χ4n) is 1.72. The van der Waals surface area contributed by atoms with E-state index in [4.69, 9.17) is 5.73 Å². The highest BCUT2D eigenvalue weighted by Gasteiger charge is 2.28. The predicted molar refractivity (Wildman–Crippen MR) is 53.5 cm³/mol. The molecule has 0 aliphatic carbocycles. The van der Waals surface area contributed by atoms with Gasteiger partial charge in [0.1, 0.15) is 5.75 Å². The lowest BCUT2D eigenvalue weighted by Crippen LogP contribution is -2.42. The van der Waals surface area contributed by atoms with Crippen molar-refractivity contribution in [3.63, 3.8) is 0 Å². The van der Waals surface area contributed by atoms with Crippen LogP contribution in [0.5, 0.6) is 0 Å². The first-order valence-electron chi connectivity index (χ1n) is 4.61. The highest BCUT2D eigenvalue weighted by Crippen LogP contribution is 2.16. The third-order valence-corrected chi connectivity index (χ3v) is 3.13. The third kappa shape index (κ3) is 2.95. The summed E-state index contributed by atoms with van der Waals surface area (Å²) in [7, 11) is -3.22. The maximum absolute atomic E-state index is 11.5. The Kier molecular flexibility index (Phi) is 3.49. The Morgan fingerprint density at radius 3 is 2.71 bits per heavy atom. The van der Waals surface area contributed by atoms with Crippen LogP contribution in [-0.4, -0.2) is 50.4 Å². The molecule has 0 saturated carbocycles.